The van der Waals surface area contributed by atoms with Gasteiger partial charge in [-0.2, -0.15) is 22.4 Å². The number of aromatic amines is 3. The van der Waals surface area contributed by atoms with E-state index in [1.54, 1.807) is 18.5 Å². The molecule has 6 N–H and O–H groups in total. The van der Waals surface area contributed by atoms with Gasteiger partial charge in [0.1, 0.15) is 8.96 Å². The maximum atomic E-state index is 12.1. The van der Waals surface area contributed by atoms with Crippen LogP contribution in [0.2, 0.25) is 0 Å². The van der Waals surface area contributed by atoms with E-state index in [0.29, 0.717) is 74.1 Å². The van der Waals surface area contributed by atoms with Gasteiger partial charge in [-0.05, 0) is 237 Å². The summed E-state index contributed by atoms with van der Waals surface area (Å²) in [5, 5.41) is 35.6. The maximum absolute atomic E-state index is 12.1. The summed E-state index contributed by atoms with van der Waals surface area (Å²) in [6, 6.07) is 83.7. The number of nitrogens with zero attached hydrogens (tertiary/aromatic N) is 11. The summed E-state index contributed by atoms with van der Waals surface area (Å²) in [7, 11) is 3.79. The first-order valence-corrected chi connectivity index (χ1v) is 49.1. The Morgan fingerprint density at radius 2 is 0.833 bits per heavy atom. The second kappa shape index (κ2) is 63.8. The molecule has 0 aliphatic carbocycles. The zero-order valence-corrected chi connectivity index (χ0v) is 94.2. The molecule has 43 heteroatoms. The van der Waals surface area contributed by atoms with Crippen LogP contribution in [0.15, 0.2) is 379 Å². The van der Waals surface area contributed by atoms with Crippen LogP contribution in [-0.4, -0.2) is 102 Å². The molecule has 0 fully saturated rings. The van der Waals surface area contributed by atoms with Gasteiger partial charge < -0.3 is 19.3 Å². The number of carbonyl (C=O) groups excluding carboxylic acids is 2. The summed E-state index contributed by atoms with van der Waals surface area (Å²) < 4.78 is 27.0. The van der Waals surface area contributed by atoms with Crippen LogP contribution in [0.4, 0.5) is 0 Å². The van der Waals surface area contributed by atoms with Crippen LogP contribution in [0, 0.1) is 6.92 Å². The van der Waals surface area contributed by atoms with E-state index in [0.717, 1.165) is 58.7 Å². The molecule has 0 saturated heterocycles. The molecule has 8 aromatic carbocycles. The van der Waals surface area contributed by atoms with Gasteiger partial charge in [0, 0.05) is 41.7 Å². The summed E-state index contributed by atoms with van der Waals surface area (Å²) in [6.07, 6.45) is 5.91. The van der Waals surface area contributed by atoms with Crippen LogP contribution < -0.4 is 105 Å². The Morgan fingerprint density at radius 1 is 0.420 bits per heavy atom. The molecule has 8 heterocycles. The topological polar surface area (TPSA) is 418 Å². The van der Waals surface area contributed by atoms with Crippen LogP contribution >= 0.6 is 175 Å². The Balaban J connectivity index is 0.000000273. The molecule has 0 saturated carbocycles. The monoisotopic (exact) mass is 2580 g/mol. The fraction of sp³-hybridized carbons (Fsp3) is 0.158. The minimum absolute atomic E-state index is 0. The summed E-state index contributed by atoms with van der Waals surface area (Å²) in [6.45, 7) is 10.2. The average molecular weight is 2600 g/mol. The van der Waals surface area contributed by atoms with Crippen molar-refractivity contribution in [1.29, 1.82) is 0 Å². The van der Waals surface area contributed by atoms with Gasteiger partial charge in [0.25, 0.3) is 50.0 Å². The van der Waals surface area contributed by atoms with Crippen LogP contribution in [0.1, 0.15) is 87.8 Å². The van der Waals surface area contributed by atoms with Crippen molar-refractivity contribution in [3.63, 3.8) is 0 Å². The second-order valence-electron chi connectivity index (χ2n) is 27.7. The number of nitrogens with two attached hydrogens (primary N) is 1. The molecule has 1 aliphatic heterocycles. The van der Waals surface area contributed by atoms with E-state index < -0.39 is 11.9 Å². The summed E-state index contributed by atoms with van der Waals surface area (Å²) in [5.41, 5.74) is 10.1. The molecule has 3 atom stereocenters. The van der Waals surface area contributed by atoms with Gasteiger partial charge in [-0.1, -0.05) is 259 Å². The molecule has 7 aromatic heterocycles. The van der Waals surface area contributed by atoms with E-state index in [-0.39, 0.29) is 105 Å². The number of carbonyl (C=O) groups is 2. The largest absolute Gasteiger partial charge is 1.00 e. The standard InChI is InChI=1S/C13H13BrN2O.C12H10Br2N2O.2C12H11BrN2O2.2C11H9BrN2O2.C8H9Br.C7H10N2.C4H2Br2N2O.C4HBrO3.CH3O.Na/c1-9-8-15-16(13(17)12(9)14)10(2)11-6-4-3-5-7-11;1-8(9-5-3-2-4-6-9)16-12(17)11(14)10(13)7-15-16;1-17-12-10(13)7-11(16)15(14-12)8-9-5-3-2-4-6-9;1-17-11-7-10(13)12(16)15(14-11)8-9-5-3-2-4-6-9;12-9-6-10(15)14(13-11(9)16)7-8-4-2-1-3-5-8;12-9-6-10(15)13-14(11(9)16)7-8-4-2-1-3-5-8;1-7(9)8-5-3-2-4-6-8;8-9-6-7-4-2-1-3-5-7;5-2-1-7-8-4(9)3(2)6;5-2-1-3(6)8-4(2)7;1-2;/h3-8,10H,1-2H3;2-8H,1H3;2*2-7H,8H2,1H3;1-6H,7H2,(H,13,16);1-6H,7H2,(H,13,15);2-7H,1H3;1-5,9H,6,8H2;1H,(H,8,9);1H;1H3;/q;;;;;;;;;;-1;+1. The van der Waals surface area contributed by atoms with Crippen molar-refractivity contribution in [2.45, 2.75) is 77.3 Å². The number of H-pyrrole nitrogens is 3. The molecule has 15 aromatic rings. The van der Waals surface area contributed by atoms with Crippen molar-refractivity contribution >= 4 is 187 Å². The fourth-order valence-corrected chi connectivity index (χ4v) is 14.5. The van der Waals surface area contributed by atoms with Gasteiger partial charge in [0.05, 0.1) is 107 Å². The molecule has 138 heavy (non-hydrogen) atoms. The Labute approximate surface area is 905 Å². The molecule has 716 valence electrons. The minimum atomic E-state index is -0.616. The van der Waals surface area contributed by atoms with E-state index in [4.69, 9.17) is 20.4 Å². The Hall–Kier alpha value is -9.84. The van der Waals surface area contributed by atoms with Crippen molar-refractivity contribution in [2.75, 3.05) is 21.3 Å². The van der Waals surface area contributed by atoms with Gasteiger partial charge in [0.2, 0.25) is 11.8 Å². The first-order valence-electron chi connectivity index (χ1n) is 40.3. The predicted octanol–water partition coefficient (Wildman–Crippen LogP) is 14.5. The predicted molar refractivity (Wildman–Crippen MR) is 567 cm³/mol. The summed E-state index contributed by atoms with van der Waals surface area (Å²) in [5.74, 6) is 4.70. The van der Waals surface area contributed by atoms with Crippen LogP contribution in [-0.2, 0) is 47.0 Å². The molecule has 31 nitrogen and oxygen atoms in total. The number of benzene rings is 8. The van der Waals surface area contributed by atoms with Crippen molar-refractivity contribution in [3.8, 4) is 11.8 Å². The fourth-order valence-electron chi connectivity index (χ4n) is 11.0. The number of methoxy groups -OCH3 is 2. The molecule has 1 aliphatic rings. The van der Waals surface area contributed by atoms with E-state index in [1.807, 2.05) is 251 Å². The Morgan fingerprint density at radius 3 is 1.25 bits per heavy atom. The van der Waals surface area contributed by atoms with Crippen molar-refractivity contribution in [2.24, 2.45) is 5.84 Å². The third kappa shape index (κ3) is 40.4. The van der Waals surface area contributed by atoms with Crippen molar-refractivity contribution in [3.05, 3.63) is 480 Å². The van der Waals surface area contributed by atoms with Crippen LogP contribution in [0.3, 0.4) is 0 Å². The molecule has 0 radical (unpaired) electrons. The zero-order valence-electron chi connectivity index (χ0n) is 74.8. The Bertz CT molecular complexity index is 6860. The maximum Gasteiger partial charge on any atom is 1.00 e. The van der Waals surface area contributed by atoms with Gasteiger partial charge in [-0.15, -0.1) is 10.2 Å². The number of hydrazine groups is 1. The van der Waals surface area contributed by atoms with Gasteiger partial charge in [-0.3, -0.25) is 64.6 Å². The van der Waals surface area contributed by atoms with E-state index in [9.17, 15) is 52.7 Å². The summed E-state index contributed by atoms with van der Waals surface area (Å²) in [4.78, 5) is 125. The number of alkyl halides is 1. The van der Waals surface area contributed by atoms with Crippen LogP contribution in [0.5, 0.6) is 11.8 Å². The number of cyclic esters (lactones) is 2. The van der Waals surface area contributed by atoms with Crippen molar-refractivity contribution in [1.82, 2.24) is 74.3 Å². The zero-order chi connectivity index (χ0) is 101. The van der Waals surface area contributed by atoms with E-state index >= 15 is 0 Å². The molecule has 0 spiro atoms. The SMILES string of the molecule is CC(Br)c1ccccc1.CC(c1ccccc1)n1ncc(Br)c(Br)c1=O.COc1cc(Br)c(=O)n(Cc2ccccc2)n1.COc1nn(Cc2ccccc2)c(=O)cc1Br.C[O-].Cc1cnn(C(C)c2ccccc2)c(=O)c1Br.NNCc1ccccc1.O=C1C=C(Br)C(=O)O1.O=c1[nH]n(Cc2ccccc2)c(=O)cc1Br.O=c1[nH]ncc(Br)c1Br.O=c1cc(Br)c(=O)n(Cc2ccccc2)[nH]1.[Na+]. The number of esters is 2. The average Bonchev–Trinajstić information content (AvgIpc) is 1.61. The Kier molecular flexibility index (Phi) is 54.8. The number of ether oxygens (including phenoxy) is 3. The number of nitrogens with one attached hydrogen (secondary N) is 4. The molecule has 16 rings (SSSR count). The van der Waals surface area contributed by atoms with Gasteiger partial charge in [0.15, 0.2) is 0 Å². The first-order chi connectivity index (χ1) is 65.6. The smallest absolute Gasteiger partial charge is 0.857 e. The number of halogens is 11. The quantitative estimate of drug-likeness (QED) is 0.0141. The normalized spacial score (nSPS) is 11.2. The summed E-state index contributed by atoms with van der Waals surface area (Å²) >= 11 is 34.8. The second-order valence-corrected chi connectivity index (χ2v) is 37.5. The molecule has 0 amide bonds. The number of hydrogen-bond donors (Lipinski definition) is 5. The third-order valence-corrected chi connectivity index (χ3v) is 26.1. The number of hydrogen-bond acceptors (Lipinski definition) is 22. The minimum Gasteiger partial charge on any atom is -0.857 e. The van der Waals surface area contributed by atoms with Crippen LogP contribution in [0.25, 0.3) is 0 Å². The number of aryl methyl sites for hydroxylation is 1. The third-order valence-electron chi connectivity index (χ3n) is 18.0. The molecular formula is C95H88Br11N16NaO15. The number of aromatic nitrogens is 14. The number of rotatable bonds is 17. The van der Waals surface area contributed by atoms with Gasteiger partial charge >= 0.3 is 41.5 Å². The first kappa shape index (κ1) is 119. The van der Waals surface area contributed by atoms with Crippen molar-refractivity contribution < 1.29 is 58.5 Å². The van der Waals surface area contributed by atoms with Gasteiger partial charge in [-0.25, -0.2) is 42.8 Å². The van der Waals surface area contributed by atoms with E-state index in [2.05, 4.69) is 245 Å². The van der Waals surface area contributed by atoms with E-state index in [1.165, 1.54) is 77.8 Å². The molecule has 0 bridgehead atoms. The molecule has 3 unspecified atom stereocenters. The molecular weight excluding hydrogens is 2510 g/mol.